The van der Waals surface area contributed by atoms with Crippen LogP contribution in [0.4, 0.5) is 0 Å². The Morgan fingerprint density at radius 2 is 1.93 bits per heavy atom. The van der Waals surface area contributed by atoms with Crippen molar-refractivity contribution in [3.05, 3.63) is 12.2 Å². The van der Waals surface area contributed by atoms with E-state index in [9.17, 15) is 0 Å². The fourth-order valence-electron chi connectivity index (χ4n) is 2.35. The lowest BCUT2D eigenvalue weighted by atomic mass is 9.97. The Balaban J connectivity index is 2.48. The van der Waals surface area contributed by atoms with Crippen molar-refractivity contribution in [3.63, 3.8) is 0 Å². The molecule has 2 heteroatoms. The Morgan fingerprint density at radius 3 is 2.47 bits per heavy atom. The van der Waals surface area contributed by atoms with Crippen LogP contribution in [0.1, 0.15) is 39.5 Å². The smallest absolute Gasteiger partial charge is 0.0767 e. The summed E-state index contributed by atoms with van der Waals surface area (Å²) in [5, 5.41) is 0. The van der Waals surface area contributed by atoms with Crippen LogP contribution in [0.15, 0.2) is 12.2 Å². The van der Waals surface area contributed by atoms with Gasteiger partial charge >= 0.3 is 0 Å². The highest BCUT2D eigenvalue weighted by Gasteiger charge is 2.22. The van der Waals surface area contributed by atoms with Crippen LogP contribution in [0, 0.1) is 0 Å². The molecule has 1 aliphatic carbocycles. The van der Waals surface area contributed by atoms with E-state index in [0.29, 0.717) is 12.1 Å². The summed E-state index contributed by atoms with van der Waals surface area (Å²) < 4.78 is 5.41. The van der Waals surface area contributed by atoms with Gasteiger partial charge in [0.25, 0.3) is 0 Å². The van der Waals surface area contributed by atoms with Gasteiger partial charge in [-0.3, -0.25) is 4.90 Å². The summed E-state index contributed by atoms with van der Waals surface area (Å²) in [5.41, 5.74) is 0. The maximum absolute atomic E-state index is 5.41. The van der Waals surface area contributed by atoms with Gasteiger partial charge in [0.05, 0.1) is 6.10 Å². The van der Waals surface area contributed by atoms with Crippen molar-refractivity contribution >= 4 is 0 Å². The molecule has 15 heavy (non-hydrogen) atoms. The molecule has 0 saturated carbocycles. The van der Waals surface area contributed by atoms with Crippen LogP contribution in [-0.4, -0.2) is 37.2 Å². The van der Waals surface area contributed by atoms with Gasteiger partial charge in [0.15, 0.2) is 0 Å². The number of hydrogen-bond donors (Lipinski definition) is 0. The first-order chi connectivity index (χ1) is 7.31. The molecule has 0 spiro atoms. The molecule has 0 aromatic heterocycles. The van der Waals surface area contributed by atoms with Crippen molar-refractivity contribution in [1.29, 1.82) is 0 Å². The molecule has 0 heterocycles. The fourth-order valence-corrected chi connectivity index (χ4v) is 2.35. The summed E-state index contributed by atoms with van der Waals surface area (Å²) >= 11 is 0. The van der Waals surface area contributed by atoms with Crippen LogP contribution in [0.25, 0.3) is 0 Å². The van der Waals surface area contributed by atoms with Gasteiger partial charge in [-0.2, -0.15) is 0 Å². The highest BCUT2D eigenvalue weighted by molar-refractivity contribution is 5.00. The van der Waals surface area contributed by atoms with E-state index in [4.69, 9.17) is 4.74 Å². The minimum absolute atomic E-state index is 0.333. The first-order valence-electron chi connectivity index (χ1n) is 6.25. The highest BCUT2D eigenvalue weighted by atomic mass is 16.5. The van der Waals surface area contributed by atoms with Crippen molar-refractivity contribution in [2.75, 3.05) is 20.2 Å². The maximum atomic E-state index is 5.41. The van der Waals surface area contributed by atoms with E-state index in [-0.39, 0.29) is 0 Å². The molecule has 2 unspecified atom stereocenters. The molecule has 0 aromatic carbocycles. The normalized spacial score (nSPS) is 26.1. The van der Waals surface area contributed by atoms with Gasteiger partial charge in [-0.1, -0.05) is 26.0 Å². The summed E-state index contributed by atoms with van der Waals surface area (Å²) in [6.45, 7) is 6.97. The van der Waals surface area contributed by atoms with Gasteiger partial charge in [0, 0.05) is 13.2 Å². The summed E-state index contributed by atoms with van der Waals surface area (Å²) in [6.07, 6.45) is 9.66. The Morgan fingerprint density at radius 1 is 1.27 bits per heavy atom. The lowest BCUT2D eigenvalue weighted by molar-refractivity contribution is 0.0821. The van der Waals surface area contributed by atoms with E-state index < -0.39 is 0 Å². The maximum Gasteiger partial charge on any atom is 0.0767 e. The Bertz CT molecular complexity index is 185. The zero-order valence-electron chi connectivity index (χ0n) is 10.4. The van der Waals surface area contributed by atoms with Crippen LogP contribution < -0.4 is 0 Å². The molecule has 0 aromatic rings. The van der Waals surface area contributed by atoms with Gasteiger partial charge in [-0.15, -0.1) is 0 Å². The van der Waals surface area contributed by atoms with E-state index in [1.54, 1.807) is 7.11 Å². The molecule has 2 atom stereocenters. The third-order valence-electron chi connectivity index (χ3n) is 3.10. The van der Waals surface area contributed by atoms with Crippen LogP contribution in [0.5, 0.6) is 0 Å². The lowest BCUT2D eigenvalue weighted by Crippen LogP contribution is -2.40. The van der Waals surface area contributed by atoms with Crippen LogP contribution in [0.3, 0.4) is 0 Å². The summed E-state index contributed by atoms with van der Waals surface area (Å²) in [7, 11) is 1.81. The van der Waals surface area contributed by atoms with E-state index in [1.807, 2.05) is 0 Å². The SMILES string of the molecule is CCCN(CCC)C1CC=CC(OC)C1. The van der Waals surface area contributed by atoms with Crippen molar-refractivity contribution in [2.45, 2.75) is 51.7 Å². The molecule has 0 saturated heterocycles. The number of rotatable bonds is 6. The molecular formula is C13H25NO. The predicted octanol–water partition coefficient (Wildman–Crippen LogP) is 2.84. The second-order valence-corrected chi connectivity index (χ2v) is 4.36. The van der Waals surface area contributed by atoms with Gasteiger partial charge in [-0.05, 0) is 38.8 Å². The predicted molar refractivity (Wildman–Crippen MR) is 65.1 cm³/mol. The third-order valence-corrected chi connectivity index (χ3v) is 3.10. The van der Waals surface area contributed by atoms with E-state index in [2.05, 4.69) is 30.9 Å². The minimum atomic E-state index is 0.333. The number of ether oxygens (including phenoxy) is 1. The van der Waals surface area contributed by atoms with Gasteiger partial charge in [-0.25, -0.2) is 0 Å². The van der Waals surface area contributed by atoms with E-state index in [0.717, 1.165) is 6.42 Å². The first kappa shape index (κ1) is 12.7. The average Bonchev–Trinajstić information content (AvgIpc) is 2.29. The highest BCUT2D eigenvalue weighted by Crippen LogP contribution is 2.20. The molecule has 0 radical (unpaired) electrons. The van der Waals surface area contributed by atoms with Gasteiger partial charge in [0.2, 0.25) is 0 Å². The molecule has 0 fully saturated rings. The van der Waals surface area contributed by atoms with Crippen LogP contribution in [0.2, 0.25) is 0 Å². The first-order valence-corrected chi connectivity index (χ1v) is 6.25. The van der Waals surface area contributed by atoms with E-state index >= 15 is 0 Å². The lowest BCUT2D eigenvalue weighted by Gasteiger charge is -2.34. The van der Waals surface area contributed by atoms with Crippen molar-refractivity contribution in [2.24, 2.45) is 0 Å². The monoisotopic (exact) mass is 211 g/mol. The zero-order valence-corrected chi connectivity index (χ0v) is 10.4. The molecule has 0 N–H and O–H groups in total. The Labute approximate surface area is 94.3 Å². The van der Waals surface area contributed by atoms with Crippen molar-refractivity contribution in [1.82, 2.24) is 4.90 Å². The van der Waals surface area contributed by atoms with Crippen molar-refractivity contribution < 1.29 is 4.74 Å². The summed E-state index contributed by atoms with van der Waals surface area (Å²) in [5.74, 6) is 0. The van der Waals surface area contributed by atoms with Crippen molar-refractivity contribution in [3.8, 4) is 0 Å². The third kappa shape index (κ3) is 3.96. The molecule has 1 aliphatic rings. The molecule has 0 aliphatic heterocycles. The quantitative estimate of drug-likeness (QED) is 0.626. The van der Waals surface area contributed by atoms with Crippen LogP contribution >= 0.6 is 0 Å². The standard InChI is InChI=1S/C13H25NO/c1-4-9-14(10-5-2)12-7-6-8-13(11-12)15-3/h6,8,12-13H,4-5,7,9-11H2,1-3H3. The number of hydrogen-bond acceptors (Lipinski definition) is 2. The number of methoxy groups -OCH3 is 1. The molecule has 1 rings (SSSR count). The van der Waals surface area contributed by atoms with E-state index in [1.165, 1.54) is 32.4 Å². The fraction of sp³-hybridized carbons (Fsp3) is 0.846. The minimum Gasteiger partial charge on any atom is -0.377 e. The number of nitrogens with zero attached hydrogens (tertiary/aromatic N) is 1. The molecular weight excluding hydrogens is 186 g/mol. The molecule has 0 amide bonds. The Kier molecular flexibility index (Phi) is 5.96. The topological polar surface area (TPSA) is 12.5 Å². The van der Waals surface area contributed by atoms with Gasteiger partial charge in [0.1, 0.15) is 0 Å². The van der Waals surface area contributed by atoms with Gasteiger partial charge < -0.3 is 4.74 Å². The van der Waals surface area contributed by atoms with Crippen LogP contribution in [-0.2, 0) is 4.74 Å². The second-order valence-electron chi connectivity index (χ2n) is 4.36. The summed E-state index contributed by atoms with van der Waals surface area (Å²) in [6, 6.07) is 0.694. The molecule has 2 nitrogen and oxygen atoms in total. The summed E-state index contributed by atoms with van der Waals surface area (Å²) in [4.78, 5) is 2.62. The second kappa shape index (κ2) is 7.02. The molecule has 0 bridgehead atoms. The zero-order chi connectivity index (χ0) is 11.1. The largest absolute Gasteiger partial charge is 0.377 e. The Hall–Kier alpha value is -0.340. The average molecular weight is 211 g/mol. The molecule has 88 valence electrons.